The van der Waals surface area contributed by atoms with Crippen LogP contribution in [0.3, 0.4) is 0 Å². The Balaban J connectivity index is 0.972. The number of hydrogen-bond donors (Lipinski definition) is 1. The Labute approximate surface area is 322 Å². The summed E-state index contributed by atoms with van der Waals surface area (Å²) >= 11 is 1.63. The highest BCUT2D eigenvalue weighted by Crippen LogP contribution is 2.39. The second-order valence-electron chi connectivity index (χ2n) is 13.4. The SMILES string of the molecule is c1ccc(C2=NC(c3ccc(-c4cnc5sc6c(-c7cccc(-c8ccccc8)c7)ncnc6c5c4)cc3)=NC(c3ccc(-c4ccccc4)cc3)N2)cc1. The molecule has 7 heteroatoms. The zero-order valence-corrected chi connectivity index (χ0v) is 30.4. The first kappa shape index (κ1) is 32.6. The van der Waals surface area contributed by atoms with Gasteiger partial charge in [0.05, 0.1) is 15.9 Å². The third kappa shape index (κ3) is 6.37. The van der Waals surface area contributed by atoms with Gasteiger partial charge in [-0.3, -0.25) is 0 Å². The number of nitrogens with zero attached hydrogens (tertiary/aromatic N) is 5. The minimum absolute atomic E-state index is 0.293. The molecule has 1 aliphatic rings. The van der Waals surface area contributed by atoms with Gasteiger partial charge in [-0.2, -0.15) is 0 Å². The molecule has 0 bridgehead atoms. The van der Waals surface area contributed by atoms with Crippen molar-refractivity contribution in [3.63, 3.8) is 0 Å². The quantitative estimate of drug-likeness (QED) is 0.178. The van der Waals surface area contributed by atoms with Gasteiger partial charge in [0.25, 0.3) is 0 Å². The molecule has 0 saturated carbocycles. The Morgan fingerprint density at radius 3 is 1.78 bits per heavy atom. The lowest BCUT2D eigenvalue weighted by atomic mass is 10.0. The maximum absolute atomic E-state index is 5.12. The van der Waals surface area contributed by atoms with E-state index in [9.17, 15) is 0 Å². The predicted octanol–water partition coefficient (Wildman–Crippen LogP) is 11.4. The zero-order chi connectivity index (χ0) is 36.6. The fourth-order valence-corrected chi connectivity index (χ4v) is 8.19. The summed E-state index contributed by atoms with van der Waals surface area (Å²) in [4.78, 5) is 25.5. The van der Waals surface area contributed by atoms with Crippen LogP contribution in [-0.2, 0) is 0 Å². The van der Waals surface area contributed by atoms with Gasteiger partial charge in [0.15, 0.2) is 5.84 Å². The smallest absolute Gasteiger partial charge is 0.159 e. The van der Waals surface area contributed by atoms with Crippen molar-refractivity contribution < 1.29 is 0 Å². The molecule has 1 N–H and O–H groups in total. The molecule has 4 heterocycles. The van der Waals surface area contributed by atoms with Gasteiger partial charge in [-0.1, -0.05) is 158 Å². The fraction of sp³-hybridized carbons (Fsp3) is 0.0208. The maximum Gasteiger partial charge on any atom is 0.159 e. The molecule has 6 nitrogen and oxygen atoms in total. The van der Waals surface area contributed by atoms with Crippen molar-refractivity contribution in [2.45, 2.75) is 6.17 Å². The van der Waals surface area contributed by atoms with Crippen LogP contribution in [0, 0.1) is 0 Å². The zero-order valence-electron chi connectivity index (χ0n) is 29.5. The molecule has 0 fully saturated rings. The highest BCUT2D eigenvalue weighted by atomic mass is 32.1. The van der Waals surface area contributed by atoms with Crippen LogP contribution in [0.1, 0.15) is 22.9 Å². The molecule has 0 radical (unpaired) electrons. The molecular formula is C48H32N6S. The molecule has 1 aliphatic heterocycles. The number of nitrogens with one attached hydrogen (secondary N) is 1. The number of benzene rings is 6. The summed E-state index contributed by atoms with van der Waals surface area (Å²) in [6.07, 6.45) is 3.31. The van der Waals surface area contributed by atoms with Crippen molar-refractivity contribution in [3.05, 3.63) is 199 Å². The first-order valence-corrected chi connectivity index (χ1v) is 19.0. The summed E-state index contributed by atoms with van der Waals surface area (Å²) in [6.45, 7) is 0. The van der Waals surface area contributed by atoms with Gasteiger partial charge >= 0.3 is 0 Å². The topological polar surface area (TPSA) is 75.4 Å². The second kappa shape index (κ2) is 14.0. The summed E-state index contributed by atoms with van der Waals surface area (Å²) in [5.41, 5.74) is 12.7. The molecule has 55 heavy (non-hydrogen) atoms. The van der Waals surface area contributed by atoms with Crippen molar-refractivity contribution in [2.75, 3.05) is 0 Å². The van der Waals surface area contributed by atoms with Crippen LogP contribution in [0.2, 0.25) is 0 Å². The highest BCUT2D eigenvalue weighted by Gasteiger charge is 2.21. The minimum Gasteiger partial charge on any atom is -0.344 e. The average molecular weight is 725 g/mol. The summed E-state index contributed by atoms with van der Waals surface area (Å²) < 4.78 is 1.03. The molecule has 0 amide bonds. The van der Waals surface area contributed by atoms with E-state index < -0.39 is 0 Å². The number of pyridine rings is 1. The molecule has 6 aromatic carbocycles. The normalized spacial score (nSPS) is 14.0. The van der Waals surface area contributed by atoms with Gasteiger partial charge in [-0.05, 0) is 45.5 Å². The van der Waals surface area contributed by atoms with Crippen LogP contribution in [0.4, 0.5) is 0 Å². The summed E-state index contributed by atoms with van der Waals surface area (Å²) in [5, 5.41) is 4.60. The van der Waals surface area contributed by atoms with Crippen molar-refractivity contribution in [3.8, 4) is 44.6 Å². The summed E-state index contributed by atoms with van der Waals surface area (Å²) in [6, 6.07) is 58.8. The van der Waals surface area contributed by atoms with Crippen LogP contribution in [0.25, 0.3) is 65.1 Å². The van der Waals surface area contributed by atoms with Gasteiger partial charge < -0.3 is 5.32 Å². The maximum atomic E-state index is 5.12. The standard InChI is InChI=1S/C48H32N6S/c1-4-11-31(12-5-1)33-19-23-36(24-20-33)46-52-45(35-15-8-3-9-16-35)53-47(54-46)37-25-21-34(22-26-37)40-28-41-43-44(55-48(41)49-29-40)42(50-30-51-43)39-18-10-17-38(27-39)32-13-6-2-7-14-32/h1-30,46H,(H,52,53,54). The molecular weight excluding hydrogens is 693 g/mol. The molecule has 0 aliphatic carbocycles. The van der Waals surface area contributed by atoms with E-state index in [-0.39, 0.29) is 6.17 Å². The monoisotopic (exact) mass is 724 g/mol. The molecule has 0 saturated heterocycles. The number of aliphatic imine (C=N–C) groups is 2. The lowest BCUT2D eigenvalue weighted by molar-refractivity contribution is 0.674. The lowest BCUT2D eigenvalue weighted by Gasteiger charge is -2.24. The Morgan fingerprint density at radius 1 is 0.473 bits per heavy atom. The summed E-state index contributed by atoms with van der Waals surface area (Å²) in [5.74, 6) is 1.47. The van der Waals surface area contributed by atoms with Crippen LogP contribution < -0.4 is 5.32 Å². The predicted molar refractivity (Wildman–Crippen MR) is 226 cm³/mol. The number of rotatable bonds is 7. The van der Waals surface area contributed by atoms with Crippen LogP contribution >= 0.6 is 11.3 Å². The summed E-state index contributed by atoms with van der Waals surface area (Å²) in [7, 11) is 0. The van der Waals surface area contributed by atoms with E-state index in [1.54, 1.807) is 17.7 Å². The molecule has 260 valence electrons. The van der Waals surface area contributed by atoms with Gasteiger partial charge in [-0.15, -0.1) is 11.3 Å². The highest BCUT2D eigenvalue weighted by molar-refractivity contribution is 7.25. The van der Waals surface area contributed by atoms with E-state index in [4.69, 9.17) is 24.9 Å². The van der Waals surface area contributed by atoms with E-state index in [0.29, 0.717) is 5.84 Å². The van der Waals surface area contributed by atoms with Crippen LogP contribution in [0.15, 0.2) is 192 Å². The molecule has 0 spiro atoms. The Kier molecular flexibility index (Phi) is 8.31. The van der Waals surface area contributed by atoms with E-state index in [1.807, 2.05) is 36.5 Å². The van der Waals surface area contributed by atoms with Gasteiger partial charge in [0.2, 0.25) is 0 Å². The lowest BCUT2D eigenvalue weighted by Crippen LogP contribution is -2.33. The van der Waals surface area contributed by atoms with Gasteiger partial charge in [-0.25, -0.2) is 24.9 Å². The largest absolute Gasteiger partial charge is 0.344 e. The number of hydrogen-bond acceptors (Lipinski definition) is 7. The van der Waals surface area contributed by atoms with Crippen molar-refractivity contribution in [2.24, 2.45) is 9.98 Å². The van der Waals surface area contributed by atoms with Gasteiger partial charge in [0, 0.05) is 33.8 Å². The number of aromatic nitrogens is 3. The molecule has 3 aromatic heterocycles. The molecule has 10 rings (SSSR count). The molecule has 1 unspecified atom stereocenters. The first-order chi connectivity index (χ1) is 27.2. The third-order valence-corrected chi connectivity index (χ3v) is 11.1. The van der Waals surface area contributed by atoms with Gasteiger partial charge in [0.1, 0.15) is 23.2 Å². The van der Waals surface area contributed by atoms with E-state index in [2.05, 4.69) is 145 Å². The van der Waals surface area contributed by atoms with Crippen LogP contribution in [0.5, 0.6) is 0 Å². The Morgan fingerprint density at radius 2 is 1.05 bits per heavy atom. The third-order valence-electron chi connectivity index (χ3n) is 9.95. The second-order valence-corrected chi connectivity index (χ2v) is 14.4. The minimum atomic E-state index is -0.293. The van der Waals surface area contributed by atoms with Crippen molar-refractivity contribution in [1.29, 1.82) is 0 Å². The van der Waals surface area contributed by atoms with Crippen LogP contribution in [-0.4, -0.2) is 26.6 Å². The van der Waals surface area contributed by atoms with E-state index >= 15 is 0 Å². The Bertz CT molecular complexity index is 2870. The Hall–Kier alpha value is -7.09. The number of amidine groups is 2. The first-order valence-electron chi connectivity index (χ1n) is 18.2. The fourth-order valence-electron chi connectivity index (χ4n) is 7.09. The molecule has 9 aromatic rings. The van der Waals surface area contributed by atoms with Crippen molar-refractivity contribution in [1.82, 2.24) is 20.3 Å². The van der Waals surface area contributed by atoms with Crippen molar-refractivity contribution >= 4 is 43.4 Å². The number of thiophene rings is 1. The van der Waals surface area contributed by atoms with E-state index in [0.717, 1.165) is 70.9 Å². The van der Waals surface area contributed by atoms with E-state index in [1.165, 1.54) is 16.7 Å². The number of fused-ring (bicyclic) bond motifs is 3. The average Bonchev–Trinajstić information content (AvgIpc) is 3.66. The molecule has 1 atom stereocenters.